The van der Waals surface area contributed by atoms with E-state index in [-0.39, 0.29) is 11.8 Å². The number of hydrogen-bond donors (Lipinski definition) is 2. The Labute approximate surface area is 94.2 Å². The Hall–Kier alpha value is -1.62. The summed E-state index contributed by atoms with van der Waals surface area (Å²) in [7, 11) is 1.57. The van der Waals surface area contributed by atoms with Crippen molar-refractivity contribution < 1.29 is 9.53 Å². The van der Waals surface area contributed by atoms with Crippen LogP contribution in [0.25, 0.3) is 0 Å². The second-order valence-corrected chi connectivity index (χ2v) is 3.74. The van der Waals surface area contributed by atoms with Crippen molar-refractivity contribution in [3.8, 4) is 5.88 Å². The van der Waals surface area contributed by atoms with Crippen LogP contribution in [0.1, 0.15) is 5.56 Å². The van der Waals surface area contributed by atoms with Crippen molar-refractivity contribution in [3.63, 3.8) is 0 Å². The Bertz CT molecular complexity index is 377. The van der Waals surface area contributed by atoms with Crippen molar-refractivity contribution in [1.82, 2.24) is 15.6 Å². The number of pyridine rings is 1. The number of aromatic nitrogens is 1. The highest BCUT2D eigenvalue weighted by Gasteiger charge is 2.24. The summed E-state index contributed by atoms with van der Waals surface area (Å²) in [5.74, 6) is 0.766. The Balaban J connectivity index is 1.90. The van der Waals surface area contributed by atoms with Gasteiger partial charge in [0.25, 0.3) is 0 Å². The molecule has 0 radical (unpaired) electrons. The Morgan fingerprint density at radius 2 is 2.50 bits per heavy atom. The minimum absolute atomic E-state index is 0.0876. The maximum atomic E-state index is 11.6. The van der Waals surface area contributed by atoms with Gasteiger partial charge in [-0.3, -0.25) is 4.79 Å². The number of rotatable bonds is 4. The fourth-order valence-corrected chi connectivity index (χ4v) is 1.54. The van der Waals surface area contributed by atoms with E-state index in [1.54, 1.807) is 13.3 Å². The first kappa shape index (κ1) is 10.9. The average Bonchev–Trinajstić information content (AvgIpc) is 2.24. The molecule has 1 saturated heterocycles. The number of ether oxygens (including phenoxy) is 1. The van der Waals surface area contributed by atoms with Crippen LogP contribution >= 0.6 is 0 Å². The van der Waals surface area contributed by atoms with Crippen molar-refractivity contribution in [2.24, 2.45) is 5.92 Å². The zero-order chi connectivity index (χ0) is 11.4. The molecule has 2 N–H and O–H groups in total. The maximum Gasteiger partial charge on any atom is 0.225 e. The Kier molecular flexibility index (Phi) is 3.36. The molecular weight excluding hydrogens is 206 g/mol. The molecule has 0 aliphatic carbocycles. The highest BCUT2D eigenvalue weighted by molar-refractivity contribution is 5.80. The molecule has 1 amide bonds. The molecule has 16 heavy (non-hydrogen) atoms. The fourth-order valence-electron chi connectivity index (χ4n) is 1.54. The third kappa shape index (κ3) is 2.30. The zero-order valence-corrected chi connectivity index (χ0v) is 9.19. The summed E-state index contributed by atoms with van der Waals surface area (Å²) in [6.45, 7) is 2.01. The van der Waals surface area contributed by atoms with E-state index in [0.29, 0.717) is 12.4 Å². The summed E-state index contributed by atoms with van der Waals surface area (Å²) in [4.78, 5) is 15.7. The van der Waals surface area contributed by atoms with Gasteiger partial charge in [-0.25, -0.2) is 4.98 Å². The number of nitrogens with zero attached hydrogens (tertiary/aromatic N) is 1. The first-order valence-electron chi connectivity index (χ1n) is 5.27. The zero-order valence-electron chi connectivity index (χ0n) is 9.19. The van der Waals surface area contributed by atoms with E-state index in [1.807, 2.05) is 12.1 Å². The van der Waals surface area contributed by atoms with Crippen LogP contribution in [0.5, 0.6) is 5.88 Å². The average molecular weight is 221 g/mol. The first-order valence-corrected chi connectivity index (χ1v) is 5.27. The van der Waals surface area contributed by atoms with Crippen molar-refractivity contribution in [2.75, 3.05) is 20.2 Å². The summed E-state index contributed by atoms with van der Waals surface area (Å²) in [6.07, 6.45) is 1.67. The van der Waals surface area contributed by atoms with Gasteiger partial charge in [0, 0.05) is 31.4 Å². The van der Waals surface area contributed by atoms with Gasteiger partial charge in [0.1, 0.15) is 0 Å². The van der Waals surface area contributed by atoms with Gasteiger partial charge in [0.2, 0.25) is 11.8 Å². The predicted molar refractivity (Wildman–Crippen MR) is 59.0 cm³/mol. The topological polar surface area (TPSA) is 63.2 Å². The number of amides is 1. The minimum atomic E-state index is 0.0876. The van der Waals surface area contributed by atoms with E-state index >= 15 is 0 Å². The molecule has 1 aliphatic rings. The maximum absolute atomic E-state index is 11.6. The van der Waals surface area contributed by atoms with E-state index in [4.69, 9.17) is 4.74 Å². The molecule has 0 unspecified atom stereocenters. The summed E-state index contributed by atoms with van der Waals surface area (Å²) in [6, 6.07) is 3.72. The van der Waals surface area contributed by atoms with Crippen LogP contribution in [0.2, 0.25) is 0 Å². The molecule has 1 aromatic heterocycles. The monoisotopic (exact) mass is 221 g/mol. The van der Waals surface area contributed by atoms with E-state index in [1.165, 1.54) is 0 Å². The molecule has 1 aromatic rings. The summed E-state index contributed by atoms with van der Waals surface area (Å²) >= 11 is 0. The summed E-state index contributed by atoms with van der Waals surface area (Å²) in [5, 5.41) is 5.94. The molecule has 0 bridgehead atoms. The van der Waals surface area contributed by atoms with Gasteiger partial charge in [-0.05, 0) is 6.07 Å². The SMILES string of the molecule is COc1ncccc1CNC(=O)C1CNC1. The number of nitrogens with one attached hydrogen (secondary N) is 2. The van der Waals surface area contributed by atoms with E-state index in [2.05, 4.69) is 15.6 Å². The van der Waals surface area contributed by atoms with Crippen LogP contribution in [-0.4, -0.2) is 31.1 Å². The van der Waals surface area contributed by atoms with Crippen LogP contribution in [0, 0.1) is 5.92 Å². The van der Waals surface area contributed by atoms with Crippen molar-refractivity contribution in [1.29, 1.82) is 0 Å². The molecule has 0 atom stereocenters. The van der Waals surface area contributed by atoms with Crippen LogP contribution in [-0.2, 0) is 11.3 Å². The molecule has 1 aliphatic heterocycles. The molecule has 5 heteroatoms. The number of hydrogen-bond acceptors (Lipinski definition) is 4. The summed E-state index contributed by atoms with van der Waals surface area (Å²) in [5.41, 5.74) is 0.894. The number of carbonyl (C=O) groups excluding carboxylic acids is 1. The lowest BCUT2D eigenvalue weighted by molar-refractivity contribution is -0.126. The Morgan fingerprint density at radius 1 is 1.69 bits per heavy atom. The van der Waals surface area contributed by atoms with E-state index in [0.717, 1.165) is 18.7 Å². The van der Waals surface area contributed by atoms with Gasteiger partial charge in [0.05, 0.1) is 13.0 Å². The Morgan fingerprint density at radius 3 is 3.12 bits per heavy atom. The third-order valence-electron chi connectivity index (χ3n) is 2.65. The molecule has 86 valence electrons. The molecule has 5 nitrogen and oxygen atoms in total. The van der Waals surface area contributed by atoms with Crippen molar-refractivity contribution >= 4 is 5.91 Å². The molecule has 2 rings (SSSR count). The van der Waals surface area contributed by atoms with Crippen LogP contribution in [0.15, 0.2) is 18.3 Å². The standard InChI is InChI=1S/C11H15N3O2/c1-16-11-8(3-2-4-13-11)7-14-10(15)9-5-12-6-9/h2-4,9,12H,5-7H2,1H3,(H,14,15). The van der Waals surface area contributed by atoms with Gasteiger partial charge in [-0.15, -0.1) is 0 Å². The quantitative estimate of drug-likeness (QED) is 0.747. The first-order chi connectivity index (χ1) is 7.81. The van der Waals surface area contributed by atoms with Crippen molar-refractivity contribution in [2.45, 2.75) is 6.54 Å². The molecule has 0 saturated carbocycles. The second-order valence-electron chi connectivity index (χ2n) is 3.74. The summed E-state index contributed by atoms with van der Waals surface area (Å²) < 4.78 is 5.10. The van der Waals surface area contributed by atoms with Gasteiger partial charge < -0.3 is 15.4 Å². The highest BCUT2D eigenvalue weighted by atomic mass is 16.5. The van der Waals surface area contributed by atoms with Gasteiger partial charge in [0.15, 0.2) is 0 Å². The molecule has 0 aromatic carbocycles. The van der Waals surface area contributed by atoms with Crippen molar-refractivity contribution in [3.05, 3.63) is 23.9 Å². The lowest BCUT2D eigenvalue weighted by atomic mass is 10.0. The highest BCUT2D eigenvalue weighted by Crippen LogP contribution is 2.13. The third-order valence-corrected chi connectivity index (χ3v) is 2.65. The molecule has 0 spiro atoms. The molecule has 1 fully saturated rings. The lowest BCUT2D eigenvalue weighted by Crippen LogP contribution is -2.50. The van der Waals surface area contributed by atoms with Gasteiger partial charge >= 0.3 is 0 Å². The molecule has 2 heterocycles. The fraction of sp³-hybridized carbons (Fsp3) is 0.455. The molecular formula is C11H15N3O2. The second kappa shape index (κ2) is 4.94. The number of carbonyl (C=O) groups is 1. The van der Waals surface area contributed by atoms with Crippen LogP contribution in [0.3, 0.4) is 0 Å². The normalized spacial score (nSPS) is 15.3. The van der Waals surface area contributed by atoms with Gasteiger partial charge in [-0.2, -0.15) is 0 Å². The van der Waals surface area contributed by atoms with E-state index < -0.39 is 0 Å². The van der Waals surface area contributed by atoms with E-state index in [9.17, 15) is 4.79 Å². The van der Waals surface area contributed by atoms with Gasteiger partial charge in [-0.1, -0.05) is 6.07 Å². The smallest absolute Gasteiger partial charge is 0.225 e. The minimum Gasteiger partial charge on any atom is -0.481 e. The van der Waals surface area contributed by atoms with Crippen LogP contribution < -0.4 is 15.4 Å². The van der Waals surface area contributed by atoms with Crippen LogP contribution in [0.4, 0.5) is 0 Å². The lowest BCUT2D eigenvalue weighted by Gasteiger charge is -2.25. The predicted octanol–water partition coefficient (Wildman–Crippen LogP) is -0.0742. The largest absolute Gasteiger partial charge is 0.481 e. The number of methoxy groups -OCH3 is 1.